The molecule has 8 heteroatoms. The van der Waals surface area contributed by atoms with Gasteiger partial charge in [0.15, 0.2) is 0 Å². The van der Waals surface area contributed by atoms with Gasteiger partial charge in [0.2, 0.25) is 0 Å². The summed E-state index contributed by atoms with van der Waals surface area (Å²) in [5.74, 6) is -0.413. The average Bonchev–Trinajstić information content (AvgIpc) is 2.66. The monoisotopic (exact) mass is 357 g/mol. The van der Waals surface area contributed by atoms with Crippen LogP contribution in [0.4, 0.5) is 10.5 Å². The number of hydroxylamine groups is 1. The van der Waals surface area contributed by atoms with Crippen LogP contribution < -0.4 is 21.8 Å². The van der Waals surface area contributed by atoms with Crippen molar-refractivity contribution in [1.82, 2.24) is 21.1 Å². The Morgan fingerprint density at radius 1 is 1.12 bits per heavy atom. The SMILES string of the molecule is CCC(NC(=O)NCc1ccc(N)cc1)C(=O)NOCc1ccncc1. The van der Waals surface area contributed by atoms with Crippen LogP contribution in [0.3, 0.4) is 0 Å². The summed E-state index contributed by atoms with van der Waals surface area (Å²) in [5.41, 5.74) is 10.4. The van der Waals surface area contributed by atoms with Crippen molar-refractivity contribution in [2.75, 3.05) is 5.73 Å². The highest BCUT2D eigenvalue weighted by molar-refractivity contribution is 5.86. The molecule has 8 nitrogen and oxygen atoms in total. The molecule has 0 aliphatic heterocycles. The van der Waals surface area contributed by atoms with Gasteiger partial charge in [0.1, 0.15) is 6.04 Å². The molecule has 0 bridgehead atoms. The molecule has 2 aromatic rings. The lowest BCUT2D eigenvalue weighted by Gasteiger charge is -2.17. The summed E-state index contributed by atoms with van der Waals surface area (Å²) in [7, 11) is 0. The lowest BCUT2D eigenvalue weighted by Crippen LogP contribution is -2.49. The zero-order chi connectivity index (χ0) is 18.8. The number of amides is 3. The Hall–Kier alpha value is -3.13. The van der Waals surface area contributed by atoms with E-state index in [1.807, 2.05) is 12.1 Å². The van der Waals surface area contributed by atoms with Gasteiger partial charge in [-0.05, 0) is 41.8 Å². The molecule has 0 aliphatic rings. The molecule has 0 radical (unpaired) electrons. The van der Waals surface area contributed by atoms with Crippen LogP contribution in [0.1, 0.15) is 24.5 Å². The second-order valence-electron chi connectivity index (χ2n) is 5.64. The third-order valence-electron chi connectivity index (χ3n) is 3.62. The second-order valence-corrected chi connectivity index (χ2v) is 5.64. The van der Waals surface area contributed by atoms with Crippen molar-refractivity contribution in [2.45, 2.75) is 32.5 Å². The number of urea groups is 1. The zero-order valence-corrected chi connectivity index (χ0v) is 14.6. The fourth-order valence-corrected chi connectivity index (χ4v) is 2.12. The molecule has 0 fully saturated rings. The minimum Gasteiger partial charge on any atom is -0.399 e. The predicted molar refractivity (Wildman–Crippen MR) is 97.5 cm³/mol. The summed E-state index contributed by atoms with van der Waals surface area (Å²) in [6.45, 7) is 2.35. The van der Waals surface area contributed by atoms with E-state index in [0.29, 0.717) is 18.7 Å². The number of carbonyl (C=O) groups excluding carboxylic acids is 2. The number of nitrogens with zero attached hydrogens (tertiary/aromatic N) is 1. The van der Waals surface area contributed by atoms with Crippen molar-refractivity contribution in [3.8, 4) is 0 Å². The second kappa shape index (κ2) is 10.00. The molecule has 2 rings (SSSR count). The number of anilines is 1. The van der Waals surface area contributed by atoms with E-state index < -0.39 is 18.0 Å². The van der Waals surface area contributed by atoms with E-state index in [1.165, 1.54) is 0 Å². The highest BCUT2D eigenvalue weighted by Gasteiger charge is 2.18. The quantitative estimate of drug-likeness (QED) is 0.422. The molecule has 1 unspecified atom stereocenters. The summed E-state index contributed by atoms with van der Waals surface area (Å²) < 4.78 is 0. The number of pyridine rings is 1. The molecule has 1 heterocycles. The number of nitrogens with two attached hydrogens (primary N) is 1. The maximum atomic E-state index is 12.1. The first-order chi connectivity index (χ1) is 12.6. The van der Waals surface area contributed by atoms with Gasteiger partial charge in [-0.2, -0.15) is 0 Å². The van der Waals surface area contributed by atoms with Crippen LogP contribution in [0.15, 0.2) is 48.8 Å². The fourth-order valence-electron chi connectivity index (χ4n) is 2.12. The molecular weight excluding hydrogens is 334 g/mol. The van der Waals surface area contributed by atoms with Crippen LogP contribution in [0.2, 0.25) is 0 Å². The summed E-state index contributed by atoms with van der Waals surface area (Å²) in [5, 5.41) is 5.32. The van der Waals surface area contributed by atoms with Crippen molar-refractivity contribution < 1.29 is 14.4 Å². The van der Waals surface area contributed by atoms with E-state index in [2.05, 4.69) is 21.1 Å². The Balaban J connectivity index is 1.73. The van der Waals surface area contributed by atoms with E-state index >= 15 is 0 Å². The van der Waals surface area contributed by atoms with Crippen molar-refractivity contribution >= 4 is 17.6 Å². The van der Waals surface area contributed by atoms with Gasteiger partial charge in [-0.1, -0.05) is 19.1 Å². The highest BCUT2D eigenvalue weighted by Crippen LogP contribution is 2.04. The minimum absolute atomic E-state index is 0.216. The number of hydrogen-bond acceptors (Lipinski definition) is 5. The predicted octanol–water partition coefficient (Wildman–Crippen LogP) is 1.49. The highest BCUT2D eigenvalue weighted by atomic mass is 16.6. The molecule has 0 aliphatic carbocycles. The maximum absolute atomic E-state index is 12.1. The molecule has 0 saturated heterocycles. The van der Waals surface area contributed by atoms with Crippen LogP contribution in [-0.2, 0) is 22.8 Å². The zero-order valence-electron chi connectivity index (χ0n) is 14.6. The Morgan fingerprint density at radius 3 is 2.46 bits per heavy atom. The number of aromatic nitrogens is 1. The standard InChI is InChI=1S/C18H23N5O3/c1-2-16(17(24)23-26-12-14-7-9-20-10-8-14)22-18(25)21-11-13-3-5-15(19)6-4-13/h3-10,16H,2,11-12,19H2,1H3,(H,23,24)(H2,21,22,25). The molecule has 1 atom stereocenters. The van der Waals surface area contributed by atoms with Gasteiger partial charge in [0.25, 0.3) is 5.91 Å². The molecule has 5 N–H and O–H groups in total. The number of nitrogens with one attached hydrogen (secondary N) is 3. The molecule has 138 valence electrons. The van der Waals surface area contributed by atoms with E-state index in [4.69, 9.17) is 10.6 Å². The Kier molecular flexibility index (Phi) is 7.38. The summed E-state index contributed by atoms with van der Waals surface area (Å²) in [6, 6.07) is 9.61. The van der Waals surface area contributed by atoms with Gasteiger partial charge in [-0.15, -0.1) is 0 Å². The first-order valence-electron chi connectivity index (χ1n) is 8.27. The van der Waals surface area contributed by atoms with Crippen LogP contribution in [0.5, 0.6) is 0 Å². The minimum atomic E-state index is -0.696. The Bertz CT molecular complexity index is 707. The topological polar surface area (TPSA) is 118 Å². The van der Waals surface area contributed by atoms with E-state index in [1.54, 1.807) is 43.6 Å². The molecule has 3 amide bonds. The maximum Gasteiger partial charge on any atom is 0.315 e. The normalized spacial score (nSPS) is 11.4. The van der Waals surface area contributed by atoms with Gasteiger partial charge in [0.05, 0.1) is 6.61 Å². The van der Waals surface area contributed by atoms with Gasteiger partial charge in [-0.3, -0.25) is 14.6 Å². The van der Waals surface area contributed by atoms with E-state index in [0.717, 1.165) is 11.1 Å². The van der Waals surface area contributed by atoms with Gasteiger partial charge in [-0.25, -0.2) is 10.3 Å². The van der Waals surface area contributed by atoms with Gasteiger partial charge in [0, 0.05) is 24.6 Å². The Morgan fingerprint density at radius 2 is 1.81 bits per heavy atom. The molecule has 0 spiro atoms. The lowest BCUT2D eigenvalue weighted by atomic mass is 10.2. The largest absolute Gasteiger partial charge is 0.399 e. The molecule has 0 saturated carbocycles. The van der Waals surface area contributed by atoms with Gasteiger partial charge < -0.3 is 16.4 Å². The van der Waals surface area contributed by atoms with Crippen molar-refractivity contribution in [3.63, 3.8) is 0 Å². The van der Waals surface area contributed by atoms with Crippen LogP contribution >= 0.6 is 0 Å². The molecule has 1 aromatic heterocycles. The summed E-state index contributed by atoms with van der Waals surface area (Å²) in [4.78, 5) is 33.2. The van der Waals surface area contributed by atoms with Crippen LogP contribution in [0.25, 0.3) is 0 Å². The van der Waals surface area contributed by atoms with Crippen molar-refractivity contribution in [1.29, 1.82) is 0 Å². The average molecular weight is 357 g/mol. The number of rotatable bonds is 8. The first-order valence-corrected chi connectivity index (χ1v) is 8.27. The molecular formula is C18H23N5O3. The number of benzene rings is 1. The summed E-state index contributed by atoms with van der Waals surface area (Å²) in [6.07, 6.45) is 3.71. The first kappa shape index (κ1) is 19.2. The fraction of sp³-hybridized carbons (Fsp3) is 0.278. The molecule has 26 heavy (non-hydrogen) atoms. The van der Waals surface area contributed by atoms with E-state index in [-0.39, 0.29) is 6.61 Å². The molecule has 1 aromatic carbocycles. The van der Waals surface area contributed by atoms with Crippen molar-refractivity contribution in [2.24, 2.45) is 0 Å². The number of carbonyl (C=O) groups is 2. The summed E-state index contributed by atoms with van der Waals surface area (Å²) >= 11 is 0. The number of hydrogen-bond donors (Lipinski definition) is 4. The van der Waals surface area contributed by atoms with E-state index in [9.17, 15) is 9.59 Å². The lowest BCUT2D eigenvalue weighted by molar-refractivity contribution is -0.136. The van der Waals surface area contributed by atoms with Crippen LogP contribution in [-0.4, -0.2) is 23.0 Å². The third kappa shape index (κ3) is 6.40. The number of nitrogen functional groups attached to an aromatic ring is 1. The van der Waals surface area contributed by atoms with Crippen molar-refractivity contribution in [3.05, 3.63) is 59.9 Å². The Labute approximate surface area is 152 Å². The third-order valence-corrected chi connectivity index (χ3v) is 3.62. The van der Waals surface area contributed by atoms with Crippen LogP contribution in [0, 0.1) is 0 Å². The smallest absolute Gasteiger partial charge is 0.315 e. The van der Waals surface area contributed by atoms with Gasteiger partial charge >= 0.3 is 6.03 Å².